The van der Waals surface area contributed by atoms with Crippen molar-refractivity contribution >= 4 is 27.7 Å². The molecule has 3 fully saturated rings. The van der Waals surface area contributed by atoms with E-state index in [1.807, 2.05) is 4.72 Å². The van der Waals surface area contributed by atoms with E-state index >= 15 is 0 Å². The highest BCUT2D eigenvalue weighted by Gasteiger charge is 2.33. The third-order valence-corrected chi connectivity index (χ3v) is 9.06. The van der Waals surface area contributed by atoms with Crippen molar-refractivity contribution in [1.82, 2.24) is 13.9 Å². The number of nitrogens with one attached hydrogen (secondary N) is 1. The van der Waals surface area contributed by atoms with Gasteiger partial charge in [0, 0.05) is 43.2 Å². The number of carbonyl (C=O) groups excluding carboxylic acids is 1. The molecule has 2 heterocycles. The molecule has 1 aliphatic carbocycles. The highest BCUT2D eigenvalue weighted by Crippen LogP contribution is 2.45. The maximum Gasteiger partial charge on any atom is 0.304 e. The average molecular weight is 554 g/mol. The third kappa shape index (κ3) is 6.25. The molecule has 3 aliphatic rings. The van der Waals surface area contributed by atoms with Crippen molar-refractivity contribution in [3.8, 4) is 5.75 Å². The van der Waals surface area contributed by atoms with Crippen LogP contribution in [0.4, 0.5) is 8.78 Å². The lowest BCUT2D eigenvalue weighted by Gasteiger charge is -2.33. The summed E-state index contributed by atoms with van der Waals surface area (Å²) < 4.78 is 62.1. The number of rotatable bonds is 9. The Labute approximate surface area is 220 Å². The van der Waals surface area contributed by atoms with Gasteiger partial charge in [-0.25, -0.2) is 13.5 Å². The number of likely N-dealkylation sites (tertiary alicyclic amines) is 1. The lowest BCUT2D eigenvalue weighted by Crippen LogP contribution is -2.49. The van der Waals surface area contributed by atoms with E-state index in [9.17, 15) is 22.0 Å². The molecule has 200 valence electrons. The molecule has 5 rings (SSSR count). The predicted octanol–water partition coefficient (Wildman–Crippen LogP) is 4.47. The standard InChI is InChI=1S/C26H30ClF2N3O4S/c27-23-11-20(28)7-6-19(23)15-31-8-1-3-17(14-31)16-36-25-13-24(29)22(12-21(25)18-4-5-18)26(33)30-37(34,35)32-9-2-10-32/h6-7,11-13,17-18H,1-5,8-10,14-16H2,(H,30,33)/t17-/m0/s1. The van der Waals surface area contributed by atoms with Gasteiger partial charge in [-0.2, -0.15) is 12.7 Å². The van der Waals surface area contributed by atoms with Crippen molar-refractivity contribution in [2.24, 2.45) is 5.92 Å². The molecule has 0 radical (unpaired) electrons. The van der Waals surface area contributed by atoms with Gasteiger partial charge in [0.2, 0.25) is 0 Å². The van der Waals surface area contributed by atoms with Crippen LogP contribution < -0.4 is 9.46 Å². The highest BCUT2D eigenvalue weighted by atomic mass is 35.5. The second kappa shape index (κ2) is 10.8. The molecule has 37 heavy (non-hydrogen) atoms. The van der Waals surface area contributed by atoms with Crippen molar-refractivity contribution in [1.29, 1.82) is 0 Å². The topological polar surface area (TPSA) is 79.0 Å². The van der Waals surface area contributed by atoms with E-state index in [-0.39, 0.29) is 23.2 Å². The highest BCUT2D eigenvalue weighted by molar-refractivity contribution is 7.87. The fraction of sp³-hybridized carbons (Fsp3) is 0.500. The maximum absolute atomic E-state index is 15.0. The quantitative estimate of drug-likeness (QED) is 0.496. The number of hydrogen-bond acceptors (Lipinski definition) is 5. The first-order valence-corrected chi connectivity index (χ1v) is 14.5. The molecule has 1 atom stereocenters. The SMILES string of the molecule is O=C(NS(=O)(=O)N1CCC1)c1cc(C2CC2)c(OC[C@H]2CCCN(Cc3ccc(F)cc3Cl)C2)cc1F. The van der Waals surface area contributed by atoms with Gasteiger partial charge in [-0.3, -0.25) is 9.69 Å². The summed E-state index contributed by atoms with van der Waals surface area (Å²) in [6.07, 6.45) is 4.49. The number of piperidine rings is 1. The van der Waals surface area contributed by atoms with Gasteiger partial charge in [-0.15, -0.1) is 0 Å². The largest absolute Gasteiger partial charge is 0.493 e. The lowest BCUT2D eigenvalue weighted by atomic mass is 9.98. The van der Waals surface area contributed by atoms with Gasteiger partial charge in [-0.05, 0) is 73.9 Å². The van der Waals surface area contributed by atoms with Crippen LogP contribution in [0.5, 0.6) is 5.75 Å². The Kier molecular flexibility index (Phi) is 7.72. The number of carbonyl (C=O) groups is 1. The summed E-state index contributed by atoms with van der Waals surface area (Å²) in [5.41, 5.74) is 1.31. The molecule has 2 saturated heterocycles. The van der Waals surface area contributed by atoms with Crippen molar-refractivity contribution in [2.45, 2.75) is 44.6 Å². The molecular formula is C26H30ClF2N3O4S. The van der Waals surface area contributed by atoms with Gasteiger partial charge in [0.05, 0.1) is 12.2 Å². The normalized spacial score (nSPS) is 20.9. The number of benzene rings is 2. The summed E-state index contributed by atoms with van der Waals surface area (Å²) in [4.78, 5) is 14.9. The van der Waals surface area contributed by atoms with Crippen LogP contribution in [0.2, 0.25) is 5.02 Å². The van der Waals surface area contributed by atoms with E-state index in [0.717, 1.165) is 60.6 Å². The number of hydrogen-bond donors (Lipinski definition) is 1. The molecule has 0 spiro atoms. The van der Waals surface area contributed by atoms with E-state index in [2.05, 4.69) is 4.90 Å². The van der Waals surface area contributed by atoms with Gasteiger partial charge in [0.15, 0.2) is 0 Å². The monoisotopic (exact) mass is 553 g/mol. The zero-order valence-corrected chi connectivity index (χ0v) is 22.0. The average Bonchev–Trinajstić information content (AvgIpc) is 3.63. The van der Waals surface area contributed by atoms with Crippen LogP contribution in [0.25, 0.3) is 0 Å². The molecule has 1 amide bonds. The van der Waals surface area contributed by atoms with E-state index in [0.29, 0.717) is 37.0 Å². The van der Waals surface area contributed by atoms with Crippen molar-refractivity contribution in [3.05, 3.63) is 63.7 Å². The molecular weight excluding hydrogens is 524 g/mol. The third-order valence-electron chi connectivity index (χ3n) is 7.22. The molecule has 7 nitrogen and oxygen atoms in total. The summed E-state index contributed by atoms with van der Waals surface area (Å²) in [6, 6.07) is 7.07. The fourth-order valence-electron chi connectivity index (χ4n) is 4.88. The van der Waals surface area contributed by atoms with Gasteiger partial charge in [0.1, 0.15) is 17.4 Å². The Morgan fingerprint density at radius 3 is 2.54 bits per heavy atom. The minimum absolute atomic E-state index is 0.164. The zero-order chi connectivity index (χ0) is 26.2. The van der Waals surface area contributed by atoms with E-state index in [1.54, 1.807) is 6.07 Å². The number of halogens is 3. The van der Waals surface area contributed by atoms with Gasteiger partial charge < -0.3 is 4.74 Å². The van der Waals surface area contributed by atoms with Crippen LogP contribution in [0.3, 0.4) is 0 Å². The Hall–Kier alpha value is -2.27. The van der Waals surface area contributed by atoms with Crippen LogP contribution in [0.1, 0.15) is 59.5 Å². The van der Waals surface area contributed by atoms with Crippen LogP contribution in [0, 0.1) is 17.6 Å². The molecule has 1 N–H and O–H groups in total. The Bertz CT molecular complexity index is 1280. The van der Waals surface area contributed by atoms with Crippen molar-refractivity contribution in [2.75, 3.05) is 32.8 Å². The Morgan fingerprint density at radius 2 is 1.86 bits per heavy atom. The van der Waals surface area contributed by atoms with Crippen LogP contribution >= 0.6 is 11.6 Å². The minimum Gasteiger partial charge on any atom is -0.493 e. The summed E-state index contributed by atoms with van der Waals surface area (Å²) in [5, 5.41) is 0.407. The van der Waals surface area contributed by atoms with Crippen LogP contribution in [0.15, 0.2) is 30.3 Å². The first-order valence-electron chi connectivity index (χ1n) is 12.6. The maximum atomic E-state index is 15.0. The summed E-state index contributed by atoms with van der Waals surface area (Å²) in [7, 11) is -3.97. The zero-order valence-electron chi connectivity index (χ0n) is 20.4. The van der Waals surface area contributed by atoms with Crippen LogP contribution in [-0.4, -0.2) is 56.3 Å². The second-order valence-electron chi connectivity index (χ2n) is 10.1. The van der Waals surface area contributed by atoms with Gasteiger partial charge >= 0.3 is 10.2 Å². The predicted molar refractivity (Wildman–Crippen MR) is 136 cm³/mol. The van der Waals surface area contributed by atoms with Gasteiger partial charge in [-0.1, -0.05) is 17.7 Å². The smallest absolute Gasteiger partial charge is 0.304 e. The number of ether oxygens (including phenoxy) is 1. The first kappa shape index (κ1) is 26.3. The molecule has 2 aromatic carbocycles. The molecule has 0 unspecified atom stereocenters. The Balaban J connectivity index is 1.24. The van der Waals surface area contributed by atoms with Crippen LogP contribution in [-0.2, 0) is 16.8 Å². The Morgan fingerprint density at radius 1 is 1.08 bits per heavy atom. The van der Waals surface area contributed by atoms with E-state index < -0.39 is 21.9 Å². The van der Waals surface area contributed by atoms with E-state index in [1.165, 1.54) is 24.3 Å². The molecule has 0 bridgehead atoms. The number of nitrogens with zero attached hydrogens (tertiary/aromatic N) is 2. The first-order chi connectivity index (χ1) is 17.7. The molecule has 1 saturated carbocycles. The lowest BCUT2D eigenvalue weighted by molar-refractivity contribution is 0.0973. The summed E-state index contributed by atoms with van der Waals surface area (Å²) in [6.45, 7) is 3.37. The van der Waals surface area contributed by atoms with E-state index in [4.69, 9.17) is 16.3 Å². The second-order valence-corrected chi connectivity index (χ2v) is 12.2. The summed E-state index contributed by atoms with van der Waals surface area (Å²) in [5.74, 6) is -1.36. The summed E-state index contributed by atoms with van der Waals surface area (Å²) >= 11 is 6.20. The molecule has 2 aliphatic heterocycles. The molecule has 2 aromatic rings. The number of amides is 1. The van der Waals surface area contributed by atoms with Gasteiger partial charge in [0.25, 0.3) is 5.91 Å². The fourth-order valence-corrected chi connectivity index (χ4v) is 6.32. The molecule has 11 heteroatoms. The van der Waals surface area contributed by atoms with Crippen molar-refractivity contribution in [3.63, 3.8) is 0 Å². The minimum atomic E-state index is -3.97. The van der Waals surface area contributed by atoms with Crippen molar-refractivity contribution < 1.29 is 26.7 Å². The molecule has 0 aromatic heterocycles.